The van der Waals surface area contributed by atoms with E-state index in [1.165, 1.54) is 23.5 Å². The average molecular weight is 396 g/mol. The van der Waals surface area contributed by atoms with E-state index in [1.807, 2.05) is 6.92 Å². The minimum Gasteiger partial charge on any atom is -0.463 e. The molecule has 0 radical (unpaired) electrons. The van der Waals surface area contributed by atoms with Crippen molar-refractivity contribution in [1.82, 2.24) is 9.21 Å². The lowest BCUT2D eigenvalue weighted by Crippen LogP contribution is -2.49. The van der Waals surface area contributed by atoms with E-state index < -0.39 is 21.8 Å². The molecule has 9 heteroatoms. The number of hydrogen-bond donors (Lipinski definition) is 0. The third-order valence-corrected chi connectivity index (χ3v) is 6.61. The fourth-order valence-electron chi connectivity index (χ4n) is 3.05. The largest absolute Gasteiger partial charge is 0.463 e. The molecule has 1 aromatic carbocycles. The van der Waals surface area contributed by atoms with Gasteiger partial charge in [-0.25, -0.2) is 17.6 Å². The number of ether oxygens (including phenoxy) is 1. The van der Waals surface area contributed by atoms with Crippen LogP contribution in [0.25, 0.3) is 0 Å². The molecule has 1 fully saturated rings. The fourth-order valence-corrected chi connectivity index (χ4v) is 4.48. The molecule has 2 aromatic rings. The second kappa shape index (κ2) is 7.79. The first kappa shape index (κ1) is 19.5. The Morgan fingerprint density at radius 1 is 1.11 bits per heavy atom. The van der Waals surface area contributed by atoms with E-state index >= 15 is 0 Å². The maximum Gasteiger partial charge on any atom is 0.373 e. The van der Waals surface area contributed by atoms with Gasteiger partial charge in [0.1, 0.15) is 11.6 Å². The van der Waals surface area contributed by atoms with E-state index in [1.54, 1.807) is 12.1 Å². The quantitative estimate of drug-likeness (QED) is 0.722. The highest BCUT2D eigenvalue weighted by molar-refractivity contribution is 7.89. The van der Waals surface area contributed by atoms with Crippen LogP contribution in [0, 0.1) is 5.82 Å². The second-order valence-electron chi connectivity index (χ2n) is 6.26. The highest BCUT2D eigenvalue weighted by atomic mass is 32.2. The summed E-state index contributed by atoms with van der Waals surface area (Å²) in [5.74, 6) is -0.261. The van der Waals surface area contributed by atoms with Crippen LogP contribution < -0.4 is 0 Å². The predicted octanol–water partition coefficient (Wildman–Crippen LogP) is 2.27. The van der Waals surface area contributed by atoms with Crippen molar-refractivity contribution in [1.29, 1.82) is 0 Å². The standard InChI is InChI=1S/C18H21FN2O5S/c1-13(16-7-8-17(26-16)18(22)25-2)20-9-11-21(12-10-20)27(23,24)15-5-3-14(19)4-6-15/h3-8,13H,9-12H2,1-2H3/t13-/m1/s1. The highest BCUT2D eigenvalue weighted by Crippen LogP contribution is 2.26. The second-order valence-corrected chi connectivity index (χ2v) is 8.20. The number of halogens is 1. The van der Waals surface area contributed by atoms with Crippen LogP contribution in [0.2, 0.25) is 0 Å². The number of nitrogens with zero attached hydrogens (tertiary/aromatic N) is 2. The zero-order valence-electron chi connectivity index (χ0n) is 15.1. The molecule has 0 saturated carbocycles. The van der Waals surface area contributed by atoms with Crippen LogP contribution >= 0.6 is 0 Å². The highest BCUT2D eigenvalue weighted by Gasteiger charge is 2.31. The predicted molar refractivity (Wildman–Crippen MR) is 95.2 cm³/mol. The molecule has 27 heavy (non-hydrogen) atoms. The van der Waals surface area contributed by atoms with Gasteiger partial charge in [0.05, 0.1) is 18.0 Å². The molecule has 1 aromatic heterocycles. The molecule has 1 atom stereocenters. The van der Waals surface area contributed by atoms with Gasteiger partial charge in [0.25, 0.3) is 0 Å². The number of rotatable bonds is 5. The van der Waals surface area contributed by atoms with E-state index in [9.17, 15) is 17.6 Å². The summed E-state index contributed by atoms with van der Waals surface area (Å²) in [5, 5.41) is 0. The maximum atomic E-state index is 13.0. The Kier molecular flexibility index (Phi) is 5.64. The van der Waals surface area contributed by atoms with Gasteiger partial charge < -0.3 is 9.15 Å². The van der Waals surface area contributed by atoms with Crippen LogP contribution in [0.4, 0.5) is 4.39 Å². The van der Waals surface area contributed by atoms with Crippen LogP contribution in [0.1, 0.15) is 29.3 Å². The molecule has 146 valence electrons. The molecule has 0 aliphatic carbocycles. The van der Waals surface area contributed by atoms with Crippen LogP contribution in [0.5, 0.6) is 0 Å². The topological polar surface area (TPSA) is 80.1 Å². The molecule has 0 unspecified atom stereocenters. The van der Waals surface area contributed by atoms with Gasteiger partial charge in [-0.1, -0.05) is 0 Å². The van der Waals surface area contributed by atoms with E-state index in [0.717, 1.165) is 12.1 Å². The van der Waals surface area contributed by atoms with Gasteiger partial charge in [0, 0.05) is 26.2 Å². The van der Waals surface area contributed by atoms with E-state index in [-0.39, 0.29) is 16.7 Å². The molecule has 0 bridgehead atoms. The molecule has 0 spiro atoms. The number of sulfonamides is 1. The lowest BCUT2D eigenvalue weighted by Gasteiger charge is -2.36. The summed E-state index contributed by atoms with van der Waals surface area (Å²) in [5.41, 5.74) is 0. The molecule has 2 heterocycles. The van der Waals surface area contributed by atoms with Gasteiger partial charge in [0.2, 0.25) is 15.8 Å². The van der Waals surface area contributed by atoms with Gasteiger partial charge >= 0.3 is 5.97 Å². The number of carbonyl (C=O) groups is 1. The Labute approximate surface area is 157 Å². The van der Waals surface area contributed by atoms with Crippen molar-refractivity contribution < 1.29 is 26.8 Å². The van der Waals surface area contributed by atoms with Gasteiger partial charge in [-0.15, -0.1) is 0 Å². The molecule has 7 nitrogen and oxygen atoms in total. The fraction of sp³-hybridized carbons (Fsp3) is 0.389. The van der Waals surface area contributed by atoms with Gasteiger partial charge in [0.15, 0.2) is 0 Å². The van der Waals surface area contributed by atoms with Gasteiger partial charge in [-0.3, -0.25) is 4.90 Å². The summed E-state index contributed by atoms with van der Waals surface area (Å²) in [4.78, 5) is 13.7. The van der Waals surface area contributed by atoms with Crippen molar-refractivity contribution in [2.24, 2.45) is 0 Å². The van der Waals surface area contributed by atoms with Crippen LogP contribution in [-0.4, -0.2) is 56.9 Å². The number of carbonyl (C=O) groups excluding carboxylic acids is 1. The Balaban J connectivity index is 1.65. The van der Waals surface area contributed by atoms with Gasteiger partial charge in [-0.2, -0.15) is 4.31 Å². The van der Waals surface area contributed by atoms with E-state index in [2.05, 4.69) is 9.64 Å². The summed E-state index contributed by atoms with van der Waals surface area (Å²) in [6, 6.07) is 8.00. The van der Waals surface area contributed by atoms with Crippen molar-refractivity contribution in [2.45, 2.75) is 17.9 Å². The molecule has 1 aliphatic heterocycles. The van der Waals surface area contributed by atoms with Crippen molar-refractivity contribution >= 4 is 16.0 Å². The SMILES string of the molecule is COC(=O)c1ccc([C@@H](C)N2CCN(S(=O)(=O)c3ccc(F)cc3)CC2)o1. The Morgan fingerprint density at radius 3 is 2.33 bits per heavy atom. The van der Waals surface area contributed by atoms with Crippen LogP contribution in [0.3, 0.4) is 0 Å². The summed E-state index contributed by atoms with van der Waals surface area (Å²) >= 11 is 0. The number of esters is 1. The Bertz CT molecular complexity index is 902. The lowest BCUT2D eigenvalue weighted by atomic mass is 10.2. The number of methoxy groups -OCH3 is 1. The number of hydrogen-bond acceptors (Lipinski definition) is 6. The normalized spacial score (nSPS) is 17.6. The monoisotopic (exact) mass is 396 g/mol. The minimum atomic E-state index is -3.65. The number of benzene rings is 1. The summed E-state index contributed by atoms with van der Waals surface area (Å²) in [6.45, 7) is 3.58. The van der Waals surface area contributed by atoms with Crippen LogP contribution in [-0.2, 0) is 14.8 Å². The third-order valence-electron chi connectivity index (χ3n) is 4.70. The molecular formula is C18H21FN2O5S. The molecule has 0 N–H and O–H groups in total. The van der Waals surface area contributed by atoms with E-state index in [0.29, 0.717) is 31.9 Å². The number of piperazine rings is 1. The molecule has 1 saturated heterocycles. The first-order chi connectivity index (χ1) is 12.8. The average Bonchev–Trinajstić information content (AvgIpc) is 3.17. The maximum absolute atomic E-state index is 13.0. The summed E-state index contributed by atoms with van der Waals surface area (Å²) in [7, 11) is -2.36. The molecule has 3 rings (SSSR count). The summed E-state index contributed by atoms with van der Waals surface area (Å²) in [6.07, 6.45) is 0. The molecule has 1 aliphatic rings. The zero-order chi connectivity index (χ0) is 19.6. The van der Waals surface area contributed by atoms with Crippen LogP contribution in [0.15, 0.2) is 45.7 Å². The molecular weight excluding hydrogens is 375 g/mol. The van der Waals surface area contributed by atoms with Crippen molar-refractivity contribution in [3.8, 4) is 0 Å². The van der Waals surface area contributed by atoms with Crippen molar-refractivity contribution in [3.63, 3.8) is 0 Å². The van der Waals surface area contributed by atoms with Crippen molar-refractivity contribution in [2.75, 3.05) is 33.3 Å². The first-order valence-electron chi connectivity index (χ1n) is 8.50. The molecule has 0 amide bonds. The first-order valence-corrected chi connectivity index (χ1v) is 9.95. The Hall–Kier alpha value is -2.23. The minimum absolute atomic E-state index is 0.0825. The number of furan rings is 1. The zero-order valence-corrected chi connectivity index (χ0v) is 15.9. The van der Waals surface area contributed by atoms with Gasteiger partial charge in [-0.05, 0) is 43.3 Å². The summed E-state index contributed by atoms with van der Waals surface area (Å²) < 4.78 is 50.0. The lowest BCUT2D eigenvalue weighted by molar-refractivity contribution is 0.0556. The van der Waals surface area contributed by atoms with Crippen molar-refractivity contribution in [3.05, 3.63) is 53.7 Å². The Morgan fingerprint density at radius 2 is 1.74 bits per heavy atom. The smallest absolute Gasteiger partial charge is 0.373 e. The van der Waals surface area contributed by atoms with E-state index in [4.69, 9.17) is 4.42 Å². The third kappa shape index (κ3) is 4.05.